The first kappa shape index (κ1) is 9.43. The van der Waals surface area contributed by atoms with Crippen molar-refractivity contribution in [3.8, 4) is 0 Å². The van der Waals surface area contributed by atoms with Gasteiger partial charge in [-0.15, -0.1) is 0 Å². The van der Waals surface area contributed by atoms with Gasteiger partial charge in [-0.05, 0) is 20.0 Å². The van der Waals surface area contributed by atoms with Crippen LogP contribution in [0.15, 0.2) is 0 Å². The molecule has 62 valence electrons. The molecule has 0 atom stereocenters. The van der Waals surface area contributed by atoms with E-state index >= 15 is 0 Å². The van der Waals surface area contributed by atoms with E-state index in [1.807, 2.05) is 11.9 Å². The molecule has 0 bridgehead atoms. The van der Waals surface area contributed by atoms with Crippen LogP contribution in [0.1, 0.15) is 21.2 Å². The van der Waals surface area contributed by atoms with E-state index in [1.165, 1.54) is 0 Å². The predicted molar refractivity (Wildman–Crippen MR) is 43.7 cm³/mol. The van der Waals surface area contributed by atoms with Gasteiger partial charge in [0.05, 0.1) is 6.54 Å². The summed E-state index contributed by atoms with van der Waals surface area (Å²) in [6, 6.07) is 0. The van der Waals surface area contributed by atoms with Crippen molar-refractivity contribution in [1.29, 1.82) is 0 Å². The third-order valence-corrected chi connectivity index (χ3v) is 1.32. The van der Waals surface area contributed by atoms with Gasteiger partial charge in [0, 0.05) is 1.43 Å². The quantitative estimate of drug-likeness (QED) is 0.612. The molecule has 0 rings (SSSR count). The van der Waals surface area contributed by atoms with Crippen LogP contribution in [0.5, 0.6) is 0 Å². The minimum absolute atomic E-state index is 0. The molecule has 0 aromatic carbocycles. The highest BCUT2D eigenvalue weighted by atomic mass is 16.1. The number of carbonyl (C=O) groups is 1. The Morgan fingerprint density at radius 2 is 2.30 bits per heavy atom. The Labute approximate surface area is 63.7 Å². The maximum Gasteiger partial charge on any atom is 0.231 e. The smallest absolute Gasteiger partial charge is 0.231 e. The van der Waals surface area contributed by atoms with Gasteiger partial charge in [-0.1, -0.05) is 13.3 Å². The van der Waals surface area contributed by atoms with Crippen LogP contribution in [0.25, 0.3) is 0 Å². The van der Waals surface area contributed by atoms with E-state index in [4.69, 9.17) is 5.73 Å². The number of carbonyl (C=O) groups excluding carboxylic acids is 1. The molecule has 0 aliphatic heterocycles. The van der Waals surface area contributed by atoms with Gasteiger partial charge >= 0.3 is 0 Å². The van der Waals surface area contributed by atoms with Gasteiger partial charge in [0.1, 0.15) is 0 Å². The van der Waals surface area contributed by atoms with Crippen LogP contribution < -0.4 is 5.73 Å². The zero-order chi connectivity index (χ0) is 7.98. The average molecular weight is 146 g/mol. The van der Waals surface area contributed by atoms with Gasteiger partial charge in [0.2, 0.25) is 5.91 Å². The fourth-order valence-electron chi connectivity index (χ4n) is 0.773. The number of nitrogens with two attached hydrogens (primary N) is 1. The van der Waals surface area contributed by atoms with Gasteiger partial charge in [-0.25, -0.2) is 0 Å². The lowest BCUT2D eigenvalue weighted by molar-refractivity contribution is -0.118. The third kappa shape index (κ3) is 5.56. The Morgan fingerprint density at radius 1 is 1.70 bits per heavy atom. The van der Waals surface area contributed by atoms with Crippen LogP contribution in [0.4, 0.5) is 0 Å². The fraction of sp³-hybridized carbons (Fsp3) is 0.857. The lowest BCUT2D eigenvalue weighted by atomic mass is 10.3. The molecule has 0 saturated carbocycles. The third-order valence-electron chi connectivity index (χ3n) is 1.32. The number of primary amides is 1. The molecule has 3 heteroatoms. The highest BCUT2D eigenvalue weighted by molar-refractivity contribution is 5.75. The number of hydrogen-bond acceptors (Lipinski definition) is 2. The second-order valence-electron chi connectivity index (χ2n) is 2.56. The average Bonchev–Trinajstić information content (AvgIpc) is 1.82. The van der Waals surface area contributed by atoms with E-state index in [2.05, 4.69) is 6.92 Å². The van der Waals surface area contributed by atoms with Crippen molar-refractivity contribution in [2.75, 3.05) is 20.1 Å². The Kier molecular flexibility index (Phi) is 4.94. The van der Waals surface area contributed by atoms with Crippen molar-refractivity contribution in [2.45, 2.75) is 19.8 Å². The fourth-order valence-corrected chi connectivity index (χ4v) is 0.773. The number of likely N-dealkylation sites (N-methyl/N-ethyl adjacent to an activating group) is 1. The van der Waals surface area contributed by atoms with Crippen LogP contribution in [0.3, 0.4) is 0 Å². The maximum absolute atomic E-state index is 10.4. The van der Waals surface area contributed by atoms with Crippen molar-refractivity contribution in [3.63, 3.8) is 0 Å². The summed E-state index contributed by atoms with van der Waals surface area (Å²) in [5.41, 5.74) is 4.98. The summed E-state index contributed by atoms with van der Waals surface area (Å²) in [7, 11) is 1.90. The molecule has 0 heterocycles. The van der Waals surface area contributed by atoms with Crippen LogP contribution in [-0.2, 0) is 4.79 Å². The highest BCUT2D eigenvalue weighted by Crippen LogP contribution is 1.89. The summed E-state index contributed by atoms with van der Waals surface area (Å²) in [5.74, 6) is -0.251. The monoisotopic (exact) mass is 146 g/mol. The first-order valence-electron chi connectivity index (χ1n) is 3.63. The van der Waals surface area contributed by atoms with Gasteiger partial charge in [0.25, 0.3) is 0 Å². The molecule has 1 amide bonds. The number of nitrogens with zero attached hydrogens (tertiary/aromatic N) is 1. The normalized spacial score (nSPS) is 10.3. The first-order valence-corrected chi connectivity index (χ1v) is 3.63. The number of unbranched alkanes of at least 4 members (excludes halogenated alkanes) is 1. The Morgan fingerprint density at radius 3 is 2.70 bits per heavy atom. The molecule has 2 N–H and O–H groups in total. The molecule has 0 unspecified atom stereocenters. The Hall–Kier alpha value is -0.570. The summed E-state index contributed by atoms with van der Waals surface area (Å²) >= 11 is 0. The van der Waals surface area contributed by atoms with Crippen LogP contribution in [0, 0.1) is 0 Å². The minimum Gasteiger partial charge on any atom is -0.369 e. The van der Waals surface area contributed by atoms with Gasteiger partial charge in [-0.2, -0.15) is 0 Å². The van der Waals surface area contributed by atoms with E-state index in [0.717, 1.165) is 19.4 Å². The largest absolute Gasteiger partial charge is 0.369 e. The zero-order valence-corrected chi connectivity index (χ0v) is 6.76. The SMILES string of the molecule is CCCCN(C)CC(N)=O.[HH]. The summed E-state index contributed by atoms with van der Waals surface area (Å²) in [5, 5.41) is 0. The standard InChI is InChI=1S/C7H16N2O.H2/c1-3-4-5-9(2)6-7(8)10;/h3-6H2,1-2H3,(H2,8,10);1H. The van der Waals surface area contributed by atoms with Crippen LogP contribution in [-0.4, -0.2) is 30.9 Å². The Bertz CT molecular complexity index is 109. The lowest BCUT2D eigenvalue weighted by Gasteiger charge is -2.12. The van der Waals surface area contributed by atoms with E-state index in [9.17, 15) is 4.79 Å². The van der Waals surface area contributed by atoms with Crippen molar-refractivity contribution in [2.24, 2.45) is 5.73 Å². The summed E-state index contributed by atoms with van der Waals surface area (Å²) in [6.07, 6.45) is 2.28. The molecule has 0 aliphatic rings. The Balaban J connectivity index is 0. The van der Waals surface area contributed by atoms with Crippen molar-refractivity contribution >= 4 is 5.91 Å². The van der Waals surface area contributed by atoms with Gasteiger partial charge < -0.3 is 5.73 Å². The van der Waals surface area contributed by atoms with Crippen molar-refractivity contribution in [1.82, 2.24) is 4.90 Å². The number of hydrogen-bond donors (Lipinski definition) is 1. The molecule has 10 heavy (non-hydrogen) atoms. The van der Waals surface area contributed by atoms with Gasteiger partial charge in [0.15, 0.2) is 0 Å². The molecular formula is C7H18N2O. The van der Waals surface area contributed by atoms with E-state index in [0.29, 0.717) is 6.54 Å². The first-order chi connectivity index (χ1) is 4.66. The minimum atomic E-state index is -0.251. The van der Waals surface area contributed by atoms with Crippen LogP contribution in [0.2, 0.25) is 0 Å². The van der Waals surface area contributed by atoms with Crippen LogP contribution >= 0.6 is 0 Å². The van der Waals surface area contributed by atoms with E-state index in [-0.39, 0.29) is 7.33 Å². The van der Waals surface area contributed by atoms with E-state index < -0.39 is 0 Å². The number of rotatable bonds is 5. The summed E-state index contributed by atoms with van der Waals surface area (Å²) in [4.78, 5) is 12.3. The van der Waals surface area contributed by atoms with Crippen molar-refractivity contribution < 1.29 is 6.22 Å². The molecule has 0 spiro atoms. The molecular weight excluding hydrogens is 128 g/mol. The molecule has 0 aromatic heterocycles. The topological polar surface area (TPSA) is 46.3 Å². The zero-order valence-electron chi connectivity index (χ0n) is 6.76. The second kappa shape index (κ2) is 5.23. The lowest BCUT2D eigenvalue weighted by Crippen LogP contribution is -2.31. The molecule has 3 nitrogen and oxygen atoms in total. The maximum atomic E-state index is 10.4. The molecule has 0 saturated heterocycles. The number of amides is 1. The summed E-state index contributed by atoms with van der Waals surface area (Å²) < 4.78 is 0. The molecule has 0 aromatic rings. The molecule has 0 radical (unpaired) electrons. The summed E-state index contributed by atoms with van der Waals surface area (Å²) in [6.45, 7) is 3.46. The predicted octanol–water partition coefficient (Wildman–Crippen LogP) is 0.450. The molecule has 0 aliphatic carbocycles. The highest BCUT2D eigenvalue weighted by Gasteiger charge is 1.99. The molecule has 0 fully saturated rings. The van der Waals surface area contributed by atoms with E-state index in [1.54, 1.807) is 0 Å². The second-order valence-corrected chi connectivity index (χ2v) is 2.56. The van der Waals surface area contributed by atoms with Crippen molar-refractivity contribution in [3.05, 3.63) is 0 Å². The van der Waals surface area contributed by atoms with Gasteiger partial charge in [-0.3, -0.25) is 9.69 Å².